The molecule has 2 aromatic rings. The smallest absolute Gasteiger partial charge is 0.277 e. The molecule has 0 spiro atoms. The Labute approximate surface area is 161 Å². The predicted octanol–water partition coefficient (Wildman–Crippen LogP) is -0.446. The number of amides is 1. The summed E-state index contributed by atoms with van der Waals surface area (Å²) in [6, 6.07) is 16.7. The van der Waals surface area contributed by atoms with Crippen molar-refractivity contribution >= 4 is 17.4 Å². The van der Waals surface area contributed by atoms with E-state index >= 15 is 0 Å². The molecule has 0 unspecified atom stereocenters. The molecule has 2 aliphatic heterocycles. The van der Waals surface area contributed by atoms with Crippen molar-refractivity contribution in [2.45, 2.75) is 0 Å². The Hall–Kier alpha value is -2.60. The molecular weight excluding hydrogens is 338 g/mol. The number of carbonyl (C=O) groups excluding carboxylic acids is 1. The van der Waals surface area contributed by atoms with Crippen molar-refractivity contribution in [2.24, 2.45) is 0 Å². The minimum Gasteiger partial charge on any atom is -0.368 e. The maximum Gasteiger partial charge on any atom is 0.277 e. The second-order valence-electron chi connectivity index (χ2n) is 7.37. The number of aromatic amines is 1. The first-order valence-electron chi connectivity index (χ1n) is 9.92. The average molecular weight is 367 g/mol. The summed E-state index contributed by atoms with van der Waals surface area (Å²) in [6.45, 7) is 8.12. The first-order chi connectivity index (χ1) is 13.3. The molecule has 27 heavy (non-hydrogen) atoms. The van der Waals surface area contributed by atoms with E-state index in [0.717, 1.165) is 52.4 Å². The zero-order chi connectivity index (χ0) is 18.5. The highest BCUT2D eigenvalue weighted by molar-refractivity contribution is 5.77. The van der Waals surface area contributed by atoms with Gasteiger partial charge in [-0.1, -0.05) is 24.3 Å². The van der Waals surface area contributed by atoms with E-state index in [4.69, 9.17) is 0 Å². The molecule has 0 bridgehead atoms. The van der Waals surface area contributed by atoms with Crippen LogP contribution < -0.4 is 19.7 Å². The standard InChI is InChI=1S/C21H27N5O/c27-21(26-16-14-24(15-17-26)19-6-2-1-3-7-19)18-23-10-12-25(13-11-23)20-8-4-5-9-22-20/h1-9H,10-18H2/p+2. The SMILES string of the molecule is O=C(C[NH+]1CCN(c2cccc[nH+]2)CC1)N1CCN(c2ccccc2)CC1. The molecule has 2 fully saturated rings. The van der Waals surface area contributed by atoms with E-state index in [2.05, 4.69) is 51.2 Å². The minimum atomic E-state index is 0.303. The number of para-hydroxylation sites is 1. The zero-order valence-electron chi connectivity index (χ0n) is 15.8. The van der Waals surface area contributed by atoms with Crippen molar-refractivity contribution in [1.82, 2.24) is 4.90 Å². The third kappa shape index (κ3) is 4.39. The second-order valence-corrected chi connectivity index (χ2v) is 7.37. The highest BCUT2D eigenvalue weighted by Crippen LogP contribution is 2.15. The summed E-state index contributed by atoms with van der Waals surface area (Å²) in [4.78, 5) is 24.2. The molecule has 1 aromatic carbocycles. The lowest BCUT2D eigenvalue weighted by Gasteiger charge is -2.37. The Kier molecular flexibility index (Phi) is 5.53. The van der Waals surface area contributed by atoms with Gasteiger partial charge >= 0.3 is 0 Å². The number of hydrogen-bond donors (Lipinski definition) is 1. The number of carbonyl (C=O) groups is 1. The number of benzene rings is 1. The minimum absolute atomic E-state index is 0.303. The van der Waals surface area contributed by atoms with Gasteiger partial charge in [-0.25, -0.2) is 4.98 Å². The van der Waals surface area contributed by atoms with Crippen molar-refractivity contribution in [3.05, 3.63) is 54.7 Å². The number of rotatable bonds is 4. The van der Waals surface area contributed by atoms with Gasteiger partial charge in [0.25, 0.3) is 11.7 Å². The third-order valence-electron chi connectivity index (χ3n) is 5.66. The molecule has 6 nitrogen and oxygen atoms in total. The van der Waals surface area contributed by atoms with Crippen molar-refractivity contribution in [3.63, 3.8) is 0 Å². The Bertz CT molecular complexity index is 723. The Morgan fingerprint density at radius 3 is 2.22 bits per heavy atom. The van der Waals surface area contributed by atoms with Crippen LogP contribution in [-0.4, -0.2) is 69.7 Å². The first-order valence-corrected chi connectivity index (χ1v) is 9.92. The number of H-pyrrole nitrogens is 1. The van der Waals surface area contributed by atoms with Crippen LogP contribution in [0.3, 0.4) is 0 Å². The molecular formula is C21H29N5O+2. The summed E-state index contributed by atoms with van der Waals surface area (Å²) in [5, 5.41) is 0. The van der Waals surface area contributed by atoms with Crippen LogP contribution in [0.1, 0.15) is 0 Å². The molecule has 1 amide bonds. The van der Waals surface area contributed by atoms with Crippen molar-refractivity contribution in [3.8, 4) is 0 Å². The third-order valence-corrected chi connectivity index (χ3v) is 5.66. The summed E-state index contributed by atoms with van der Waals surface area (Å²) in [7, 11) is 0. The lowest BCUT2D eigenvalue weighted by Crippen LogP contribution is -3.16. The Morgan fingerprint density at radius 1 is 0.852 bits per heavy atom. The molecule has 2 aliphatic rings. The van der Waals surface area contributed by atoms with Crippen molar-refractivity contribution < 1.29 is 14.7 Å². The first kappa shape index (κ1) is 17.8. The molecule has 2 N–H and O–H groups in total. The largest absolute Gasteiger partial charge is 0.368 e. The molecule has 6 heteroatoms. The number of aromatic nitrogens is 1. The van der Waals surface area contributed by atoms with Gasteiger partial charge < -0.3 is 14.7 Å². The van der Waals surface area contributed by atoms with E-state index in [0.29, 0.717) is 12.5 Å². The molecule has 0 atom stereocenters. The van der Waals surface area contributed by atoms with Crippen LogP contribution in [0.15, 0.2) is 54.7 Å². The molecule has 4 rings (SSSR count). The molecule has 2 saturated heterocycles. The monoisotopic (exact) mass is 367 g/mol. The van der Waals surface area contributed by atoms with Gasteiger partial charge in [-0.3, -0.25) is 9.69 Å². The summed E-state index contributed by atoms with van der Waals surface area (Å²) in [6.07, 6.45) is 1.97. The fourth-order valence-corrected chi connectivity index (χ4v) is 4.00. The maximum absolute atomic E-state index is 12.7. The van der Waals surface area contributed by atoms with Crippen LogP contribution in [0.4, 0.5) is 11.5 Å². The Balaban J connectivity index is 1.22. The van der Waals surface area contributed by atoms with Crippen LogP contribution in [0.2, 0.25) is 0 Å². The number of pyridine rings is 1. The van der Waals surface area contributed by atoms with Crippen LogP contribution in [0, 0.1) is 0 Å². The number of nitrogens with zero attached hydrogens (tertiary/aromatic N) is 3. The highest BCUT2D eigenvalue weighted by Gasteiger charge is 2.29. The van der Waals surface area contributed by atoms with Gasteiger partial charge in [0.1, 0.15) is 26.2 Å². The van der Waals surface area contributed by atoms with Gasteiger partial charge in [-0.2, -0.15) is 0 Å². The molecule has 142 valence electrons. The highest BCUT2D eigenvalue weighted by atomic mass is 16.2. The summed E-state index contributed by atoms with van der Waals surface area (Å²) in [5.74, 6) is 1.47. The van der Waals surface area contributed by atoms with E-state index in [1.807, 2.05) is 23.2 Å². The maximum atomic E-state index is 12.7. The van der Waals surface area contributed by atoms with Crippen molar-refractivity contribution in [1.29, 1.82) is 0 Å². The van der Waals surface area contributed by atoms with Gasteiger partial charge in [0.2, 0.25) is 0 Å². The van der Waals surface area contributed by atoms with Gasteiger partial charge in [0.05, 0.1) is 6.20 Å². The molecule has 3 heterocycles. The van der Waals surface area contributed by atoms with Crippen LogP contribution >= 0.6 is 0 Å². The average Bonchev–Trinajstić information content (AvgIpc) is 2.76. The number of nitrogens with one attached hydrogen (secondary N) is 2. The fourth-order valence-electron chi connectivity index (χ4n) is 4.00. The fraction of sp³-hybridized carbons (Fsp3) is 0.429. The molecule has 0 radical (unpaired) electrons. The van der Waals surface area contributed by atoms with Crippen molar-refractivity contribution in [2.75, 3.05) is 68.7 Å². The topological polar surface area (TPSA) is 45.4 Å². The van der Waals surface area contributed by atoms with E-state index in [1.54, 1.807) is 0 Å². The van der Waals surface area contributed by atoms with Gasteiger partial charge in [-0.15, -0.1) is 0 Å². The molecule has 1 aromatic heterocycles. The van der Waals surface area contributed by atoms with Crippen LogP contribution in [0.25, 0.3) is 0 Å². The molecule has 0 saturated carbocycles. The van der Waals surface area contributed by atoms with Gasteiger partial charge in [0, 0.05) is 37.9 Å². The quantitative estimate of drug-likeness (QED) is 0.797. The van der Waals surface area contributed by atoms with E-state index in [9.17, 15) is 4.79 Å². The number of piperazine rings is 2. The lowest BCUT2D eigenvalue weighted by molar-refractivity contribution is -0.892. The van der Waals surface area contributed by atoms with Gasteiger partial charge in [-0.05, 0) is 18.2 Å². The number of anilines is 2. The number of hydrogen-bond acceptors (Lipinski definition) is 3. The van der Waals surface area contributed by atoms with Gasteiger partial charge in [0.15, 0.2) is 6.54 Å². The predicted molar refractivity (Wildman–Crippen MR) is 106 cm³/mol. The van der Waals surface area contributed by atoms with Crippen LogP contribution in [-0.2, 0) is 4.79 Å². The summed E-state index contributed by atoms with van der Waals surface area (Å²) < 4.78 is 0. The lowest BCUT2D eigenvalue weighted by atomic mass is 10.2. The summed E-state index contributed by atoms with van der Waals surface area (Å²) in [5.41, 5.74) is 1.25. The second kappa shape index (κ2) is 8.39. The zero-order valence-corrected chi connectivity index (χ0v) is 15.8. The van der Waals surface area contributed by atoms with E-state index in [-0.39, 0.29) is 0 Å². The van der Waals surface area contributed by atoms with Crippen LogP contribution in [0.5, 0.6) is 0 Å². The molecule has 0 aliphatic carbocycles. The van der Waals surface area contributed by atoms with E-state index in [1.165, 1.54) is 16.4 Å². The number of quaternary nitrogens is 1. The normalized spacial score (nSPS) is 18.6. The summed E-state index contributed by atoms with van der Waals surface area (Å²) >= 11 is 0. The Morgan fingerprint density at radius 2 is 1.56 bits per heavy atom. The van der Waals surface area contributed by atoms with E-state index < -0.39 is 0 Å².